The molecule has 1 fully saturated rings. The predicted octanol–water partition coefficient (Wildman–Crippen LogP) is 3.81. The van der Waals surface area contributed by atoms with Gasteiger partial charge in [0.1, 0.15) is 5.60 Å². The van der Waals surface area contributed by atoms with E-state index in [1.54, 1.807) is 0 Å². The molecule has 0 bridgehead atoms. The molecule has 1 aliphatic rings. The van der Waals surface area contributed by atoms with Crippen LogP contribution >= 0.6 is 0 Å². The molecule has 2 atom stereocenters. The van der Waals surface area contributed by atoms with Crippen molar-refractivity contribution >= 4 is 11.8 Å². The molecular formula is C18H25N3O2. The number of hydrogen-bond donors (Lipinski definition) is 2. The maximum absolute atomic E-state index is 11.9. The van der Waals surface area contributed by atoms with Gasteiger partial charge in [-0.25, -0.2) is 4.79 Å². The molecule has 1 aliphatic carbocycles. The summed E-state index contributed by atoms with van der Waals surface area (Å²) in [5.41, 5.74) is 1.19. The Morgan fingerprint density at radius 1 is 1.22 bits per heavy atom. The van der Waals surface area contributed by atoms with E-state index >= 15 is 0 Å². The number of hydrogen-bond acceptors (Lipinski definition) is 4. The van der Waals surface area contributed by atoms with Crippen LogP contribution in [0.4, 0.5) is 10.5 Å². The van der Waals surface area contributed by atoms with Crippen LogP contribution in [0.2, 0.25) is 0 Å². The average Bonchev–Trinajstić information content (AvgIpc) is 2.46. The summed E-state index contributed by atoms with van der Waals surface area (Å²) < 4.78 is 5.32. The SMILES string of the molecule is CC(C)(C)OC(=O)N[C@@H]1CCC[C@@H](Nc2ccc(C#N)cc2)C1. The van der Waals surface area contributed by atoms with Gasteiger partial charge in [0.15, 0.2) is 0 Å². The lowest BCUT2D eigenvalue weighted by Crippen LogP contribution is -2.43. The third kappa shape index (κ3) is 5.82. The second-order valence-corrected chi connectivity index (χ2v) is 7.04. The van der Waals surface area contributed by atoms with Crippen molar-refractivity contribution in [2.75, 3.05) is 5.32 Å². The van der Waals surface area contributed by atoms with Crippen molar-refractivity contribution in [1.82, 2.24) is 5.32 Å². The zero-order chi connectivity index (χ0) is 16.9. The van der Waals surface area contributed by atoms with Gasteiger partial charge in [-0.15, -0.1) is 0 Å². The fourth-order valence-corrected chi connectivity index (χ4v) is 2.80. The fourth-order valence-electron chi connectivity index (χ4n) is 2.80. The number of anilines is 1. The van der Waals surface area contributed by atoms with E-state index in [9.17, 15) is 4.79 Å². The number of nitriles is 1. The standard InChI is InChI=1S/C18H25N3O2/c1-18(2,3)23-17(22)21-16-6-4-5-15(11-16)20-14-9-7-13(12-19)8-10-14/h7-10,15-16,20H,4-6,11H2,1-3H3,(H,21,22)/t15-,16-/m1/s1. The number of benzene rings is 1. The molecule has 124 valence electrons. The van der Waals surface area contributed by atoms with Crippen LogP contribution in [0.5, 0.6) is 0 Å². The molecule has 0 aliphatic heterocycles. The minimum Gasteiger partial charge on any atom is -0.444 e. The van der Waals surface area contributed by atoms with Gasteiger partial charge in [-0.05, 0) is 70.7 Å². The lowest BCUT2D eigenvalue weighted by Gasteiger charge is -2.31. The quantitative estimate of drug-likeness (QED) is 0.889. The summed E-state index contributed by atoms with van der Waals surface area (Å²) in [5.74, 6) is 0. The monoisotopic (exact) mass is 315 g/mol. The Morgan fingerprint density at radius 2 is 1.87 bits per heavy atom. The van der Waals surface area contributed by atoms with Crippen molar-refractivity contribution in [3.63, 3.8) is 0 Å². The van der Waals surface area contributed by atoms with E-state index in [2.05, 4.69) is 16.7 Å². The minimum atomic E-state index is -0.473. The van der Waals surface area contributed by atoms with Crippen LogP contribution in [0.1, 0.15) is 52.0 Å². The molecular weight excluding hydrogens is 290 g/mol. The summed E-state index contributed by atoms with van der Waals surface area (Å²) in [4.78, 5) is 11.9. The number of carbonyl (C=O) groups is 1. The topological polar surface area (TPSA) is 74.2 Å². The maximum atomic E-state index is 11.9. The van der Waals surface area contributed by atoms with Gasteiger partial charge in [-0.2, -0.15) is 5.26 Å². The lowest BCUT2D eigenvalue weighted by atomic mass is 9.91. The Kier molecular flexibility index (Phi) is 5.49. The highest BCUT2D eigenvalue weighted by molar-refractivity contribution is 5.68. The molecule has 5 heteroatoms. The molecule has 1 aromatic carbocycles. The maximum Gasteiger partial charge on any atom is 0.407 e. The average molecular weight is 315 g/mol. The number of amides is 1. The molecule has 0 radical (unpaired) electrons. The van der Waals surface area contributed by atoms with Crippen LogP contribution in [0.3, 0.4) is 0 Å². The smallest absolute Gasteiger partial charge is 0.407 e. The summed E-state index contributed by atoms with van der Waals surface area (Å²) in [5, 5.41) is 15.3. The van der Waals surface area contributed by atoms with Gasteiger partial charge in [0.2, 0.25) is 0 Å². The highest BCUT2D eigenvalue weighted by Crippen LogP contribution is 2.23. The third-order valence-electron chi connectivity index (χ3n) is 3.78. The van der Waals surface area contributed by atoms with Crippen molar-refractivity contribution < 1.29 is 9.53 Å². The van der Waals surface area contributed by atoms with Crippen molar-refractivity contribution in [2.45, 2.75) is 64.1 Å². The molecule has 0 aromatic heterocycles. The molecule has 0 unspecified atom stereocenters. The van der Waals surface area contributed by atoms with E-state index in [0.717, 1.165) is 31.4 Å². The van der Waals surface area contributed by atoms with Crippen molar-refractivity contribution in [2.24, 2.45) is 0 Å². The third-order valence-corrected chi connectivity index (χ3v) is 3.78. The Bertz CT molecular complexity index is 569. The highest BCUT2D eigenvalue weighted by atomic mass is 16.6. The van der Waals surface area contributed by atoms with E-state index in [1.165, 1.54) is 0 Å². The van der Waals surface area contributed by atoms with Crippen LogP contribution in [0, 0.1) is 11.3 Å². The Labute approximate surface area is 138 Å². The first-order valence-corrected chi connectivity index (χ1v) is 8.12. The number of ether oxygens (including phenoxy) is 1. The highest BCUT2D eigenvalue weighted by Gasteiger charge is 2.25. The number of nitrogens with zero attached hydrogens (tertiary/aromatic N) is 1. The van der Waals surface area contributed by atoms with Crippen molar-refractivity contribution in [3.8, 4) is 6.07 Å². The normalized spacial score (nSPS) is 21.1. The summed E-state index contributed by atoms with van der Waals surface area (Å²) in [6.07, 6.45) is 3.65. The van der Waals surface area contributed by atoms with Crippen LogP contribution in [-0.4, -0.2) is 23.8 Å². The second kappa shape index (κ2) is 7.36. The van der Waals surface area contributed by atoms with Gasteiger partial charge < -0.3 is 15.4 Å². The molecule has 5 nitrogen and oxygen atoms in total. The predicted molar refractivity (Wildman–Crippen MR) is 90.2 cm³/mol. The molecule has 1 saturated carbocycles. The van der Waals surface area contributed by atoms with Crippen molar-refractivity contribution in [3.05, 3.63) is 29.8 Å². The van der Waals surface area contributed by atoms with Crippen LogP contribution in [-0.2, 0) is 4.74 Å². The van der Waals surface area contributed by atoms with Gasteiger partial charge in [-0.3, -0.25) is 0 Å². The summed E-state index contributed by atoms with van der Waals surface area (Å²) in [7, 11) is 0. The number of alkyl carbamates (subject to hydrolysis) is 1. The zero-order valence-electron chi connectivity index (χ0n) is 14.1. The van der Waals surface area contributed by atoms with E-state index in [-0.39, 0.29) is 12.1 Å². The molecule has 1 aromatic rings. The minimum absolute atomic E-state index is 0.134. The van der Waals surface area contributed by atoms with Crippen LogP contribution in [0.25, 0.3) is 0 Å². The first-order valence-electron chi connectivity index (χ1n) is 8.12. The Hall–Kier alpha value is -2.22. The molecule has 0 heterocycles. The van der Waals surface area contributed by atoms with E-state index < -0.39 is 5.60 Å². The first kappa shape index (κ1) is 17.1. The van der Waals surface area contributed by atoms with Crippen molar-refractivity contribution in [1.29, 1.82) is 5.26 Å². The Morgan fingerprint density at radius 3 is 2.48 bits per heavy atom. The van der Waals surface area contributed by atoms with Gasteiger partial charge in [-0.1, -0.05) is 0 Å². The molecule has 2 N–H and O–H groups in total. The first-order chi connectivity index (χ1) is 10.9. The molecule has 0 spiro atoms. The Balaban J connectivity index is 1.85. The zero-order valence-corrected chi connectivity index (χ0v) is 14.1. The van der Waals surface area contributed by atoms with Gasteiger partial charge >= 0.3 is 6.09 Å². The molecule has 0 saturated heterocycles. The van der Waals surface area contributed by atoms with E-state index in [4.69, 9.17) is 10.00 Å². The molecule has 1 amide bonds. The van der Waals surface area contributed by atoms with E-state index in [0.29, 0.717) is 11.6 Å². The van der Waals surface area contributed by atoms with Gasteiger partial charge in [0, 0.05) is 17.8 Å². The van der Waals surface area contributed by atoms with Gasteiger partial charge in [0.25, 0.3) is 0 Å². The number of rotatable bonds is 3. The number of nitrogens with one attached hydrogen (secondary N) is 2. The van der Waals surface area contributed by atoms with Gasteiger partial charge in [0.05, 0.1) is 11.6 Å². The molecule has 2 rings (SSSR count). The van der Waals surface area contributed by atoms with Crippen LogP contribution < -0.4 is 10.6 Å². The summed E-state index contributed by atoms with van der Waals surface area (Å²) in [6.45, 7) is 5.59. The summed E-state index contributed by atoms with van der Waals surface area (Å²) in [6, 6.07) is 10.0. The largest absolute Gasteiger partial charge is 0.444 e. The molecule has 23 heavy (non-hydrogen) atoms. The van der Waals surface area contributed by atoms with Crippen LogP contribution in [0.15, 0.2) is 24.3 Å². The fraction of sp³-hybridized carbons (Fsp3) is 0.556. The second-order valence-electron chi connectivity index (χ2n) is 7.04. The summed E-state index contributed by atoms with van der Waals surface area (Å²) >= 11 is 0. The number of carbonyl (C=O) groups excluding carboxylic acids is 1. The van der Waals surface area contributed by atoms with E-state index in [1.807, 2.05) is 45.0 Å². The lowest BCUT2D eigenvalue weighted by molar-refractivity contribution is 0.0492.